The maximum Gasteiger partial charge on any atom is 0.243 e. The monoisotopic (exact) mass is 327 g/mol. The van der Waals surface area contributed by atoms with Crippen molar-refractivity contribution in [3.8, 4) is 0 Å². The molecule has 118 valence electrons. The van der Waals surface area contributed by atoms with Gasteiger partial charge in [0.05, 0.1) is 17.7 Å². The average Bonchev–Trinajstić information content (AvgIpc) is 3.09. The van der Waals surface area contributed by atoms with Crippen molar-refractivity contribution in [2.45, 2.75) is 18.0 Å². The summed E-state index contributed by atoms with van der Waals surface area (Å²) in [5, 5.41) is 0. The van der Waals surface area contributed by atoms with Crippen molar-refractivity contribution < 1.29 is 12.8 Å². The predicted molar refractivity (Wildman–Crippen MR) is 88.0 cm³/mol. The van der Waals surface area contributed by atoms with Crippen LogP contribution >= 0.6 is 0 Å². The molecule has 0 amide bonds. The Morgan fingerprint density at radius 3 is 2.04 bits per heavy atom. The molecule has 1 heterocycles. The van der Waals surface area contributed by atoms with Crippen LogP contribution < -0.4 is 0 Å². The summed E-state index contributed by atoms with van der Waals surface area (Å²) in [7, 11) is -3.60. The molecule has 0 N–H and O–H groups in total. The van der Waals surface area contributed by atoms with Crippen LogP contribution in [0.2, 0.25) is 0 Å². The van der Waals surface area contributed by atoms with Gasteiger partial charge < -0.3 is 4.42 Å². The summed E-state index contributed by atoms with van der Waals surface area (Å²) in [6, 6.07) is 21.5. The number of sulfonamides is 1. The van der Waals surface area contributed by atoms with Crippen LogP contribution in [0.3, 0.4) is 0 Å². The Hall–Kier alpha value is -2.37. The third-order valence-corrected chi connectivity index (χ3v) is 5.30. The van der Waals surface area contributed by atoms with Gasteiger partial charge in [-0.1, -0.05) is 48.5 Å². The van der Waals surface area contributed by atoms with E-state index < -0.39 is 10.0 Å². The van der Waals surface area contributed by atoms with E-state index in [1.54, 1.807) is 48.7 Å². The number of nitrogens with zero attached hydrogens (tertiary/aromatic N) is 1. The Balaban J connectivity index is 1.94. The molecule has 0 atom stereocenters. The van der Waals surface area contributed by atoms with Gasteiger partial charge in [-0.25, -0.2) is 8.42 Å². The molecule has 0 aliphatic heterocycles. The number of rotatable bonds is 6. The quantitative estimate of drug-likeness (QED) is 0.694. The molecule has 1 aromatic heterocycles. The number of hydrogen-bond acceptors (Lipinski definition) is 3. The summed E-state index contributed by atoms with van der Waals surface area (Å²) in [6.07, 6.45) is 1.55. The average molecular weight is 327 g/mol. The molecule has 0 aliphatic carbocycles. The zero-order chi connectivity index (χ0) is 16.1. The van der Waals surface area contributed by atoms with Crippen LogP contribution in [-0.2, 0) is 23.1 Å². The number of benzene rings is 2. The van der Waals surface area contributed by atoms with E-state index in [2.05, 4.69) is 0 Å². The molecular weight excluding hydrogens is 310 g/mol. The predicted octanol–water partition coefficient (Wildman–Crippen LogP) is 3.67. The van der Waals surface area contributed by atoms with Gasteiger partial charge in [0.2, 0.25) is 10.0 Å². The van der Waals surface area contributed by atoms with Crippen LogP contribution in [0.15, 0.2) is 88.4 Å². The third kappa shape index (κ3) is 3.70. The third-order valence-electron chi connectivity index (χ3n) is 3.50. The van der Waals surface area contributed by atoms with Crippen LogP contribution in [0.1, 0.15) is 11.3 Å². The largest absolute Gasteiger partial charge is 0.468 e. The molecule has 4 nitrogen and oxygen atoms in total. The van der Waals surface area contributed by atoms with Crippen LogP contribution in [-0.4, -0.2) is 12.7 Å². The van der Waals surface area contributed by atoms with E-state index in [0.717, 1.165) is 5.56 Å². The first kappa shape index (κ1) is 15.5. The maximum absolute atomic E-state index is 12.9. The lowest BCUT2D eigenvalue weighted by atomic mass is 10.2. The summed E-state index contributed by atoms with van der Waals surface area (Å²) in [5.41, 5.74) is 0.929. The Morgan fingerprint density at radius 1 is 0.783 bits per heavy atom. The highest BCUT2D eigenvalue weighted by Gasteiger charge is 2.25. The van der Waals surface area contributed by atoms with Gasteiger partial charge in [0.15, 0.2) is 0 Å². The van der Waals surface area contributed by atoms with E-state index in [9.17, 15) is 8.42 Å². The minimum atomic E-state index is -3.60. The molecule has 3 aromatic rings. The fourth-order valence-electron chi connectivity index (χ4n) is 2.33. The van der Waals surface area contributed by atoms with Crippen molar-refractivity contribution >= 4 is 10.0 Å². The van der Waals surface area contributed by atoms with E-state index in [1.807, 2.05) is 30.3 Å². The van der Waals surface area contributed by atoms with Crippen molar-refractivity contribution in [2.24, 2.45) is 0 Å². The van der Waals surface area contributed by atoms with Gasteiger partial charge >= 0.3 is 0 Å². The summed E-state index contributed by atoms with van der Waals surface area (Å²) in [6.45, 7) is 0.484. The minimum absolute atomic E-state index is 0.194. The second-order valence-electron chi connectivity index (χ2n) is 5.15. The van der Waals surface area contributed by atoms with Gasteiger partial charge in [0, 0.05) is 6.54 Å². The smallest absolute Gasteiger partial charge is 0.243 e. The molecule has 0 radical (unpaired) electrons. The van der Waals surface area contributed by atoms with Gasteiger partial charge in [-0.05, 0) is 29.8 Å². The molecule has 0 fully saturated rings. The van der Waals surface area contributed by atoms with Crippen molar-refractivity contribution in [1.29, 1.82) is 0 Å². The van der Waals surface area contributed by atoms with E-state index in [4.69, 9.17) is 4.42 Å². The van der Waals surface area contributed by atoms with Crippen LogP contribution in [0.5, 0.6) is 0 Å². The number of furan rings is 1. The number of hydrogen-bond donors (Lipinski definition) is 0. The molecule has 0 aliphatic rings. The van der Waals surface area contributed by atoms with Gasteiger partial charge in [-0.15, -0.1) is 0 Å². The van der Waals surface area contributed by atoms with Gasteiger partial charge in [0.1, 0.15) is 5.76 Å². The highest BCUT2D eigenvalue weighted by atomic mass is 32.2. The maximum atomic E-state index is 12.9. The second kappa shape index (κ2) is 6.81. The Kier molecular flexibility index (Phi) is 4.60. The zero-order valence-corrected chi connectivity index (χ0v) is 13.3. The normalized spacial score (nSPS) is 11.7. The molecule has 3 rings (SSSR count). The van der Waals surface area contributed by atoms with Crippen LogP contribution in [0.4, 0.5) is 0 Å². The summed E-state index contributed by atoms with van der Waals surface area (Å²) < 4.78 is 32.6. The molecule has 0 saturated heterocycles. The summed E-state index contributed by atoms with van der Waals surface area (Å²) in [4.78, 5) is 0.280. The molecular formula is C18H17NO3S. The zero-order valence-electron chi connectivity index (χ0n) is 12.5. The molecule has 2 aromatic carbocycles. The van der Waals surface area contributed by atoms with Crippen molar-refractivity contribution in [3.63, 3.8) is 0 Å². The molecule has 5 heteroatoms. The first-order valence-electron chi connectivity index (χ1n) is 7.28. The van der Waals surface area contributed by atoms with Gasteiger partial charge in [-0.3, -0.25) is 0 Å². The van der Waals surface area contributed by atoms with Crippen molar-refractivity contribution in [3.05, 3.63) is 90.4 Å². The van der Waals surface area contributed by atoms with E-state index in [-0.39, 0.29) is 11.4 Å². The topological polar surface area (TPSA) is 50.5 Å². The molecule has 23 heavy (non-hydrogen) atoms. The highest BCUT2D eigenvalue weighted by Crippen LogP contribution is 2.21. The Morgan fingerprint density at radius 2 is 1.43 bits per heavy atom. The second-order valence-corrected chi connectivity index (χ2v) is 7.09. The van der Waals surface area contributed by atoms with Crippen LogP contribution in [0.25, 0.3) is 0 Å². The first-order chi connectivity index (χ1) is 11.2. The van der Waals surface area contributed by atoms with Crippen molar-refractivity contribution in [1.82, 2.24) is 4.31 Å². The van der Waals surface area contributed by atoms with E-state index in [0.29, 0.717) is 12.3 Å². The highest BCUT2D eigenvalue weighted by molar-refractivity contribution is 7.89. The van der Waals surface area contributed by atoms with Gasteiger partial charge in [-0.2, -0.15) is 4.31 Å². The Bertz CT molecular complexity index is 828. The fraction of sp³-hybridized carbons (Fsp3) is 0.111. The van der Waals surface area contributed by atoms with Gasteiger partial charge in [0.25, 0.3) is 0 Å². The molecule has 0 saturated carbocycles. The Labute approximate surface area is 136 Å². The van der Waals surface area contributed by atoms with Crippen LogP contribution in [0, 0.1) is 0 Å². The van der Waals surface area contributed by atoms with E-state index >= 15 is 0 Å². The SMILES string of the molecule is O=S(=O)(c1ccccc1)N(Cc1ccccc1)Cc1ccco1. The summed E-state index contributed by atoms with van der Waals surface area (Å²) >= 11 is 0. The molecule has 0 unspecified atom stereocenters. The minimum Gasteiger partial charge on any atom is -0.468 e. The summed E-state index contributed by atoms with van der Waals surface area (Å²) in [5.74, 6) is 0.612. The fourth-order valence-corrected chi connectivity index (χ4v) is 3.75. The molecule has 0 spiro atoms. The van der Waals surface area contributed by atoms with Crippen molar-refractivity contribution in [2.75, 3.05) is 0 Å². The molecule has 0 bridgehead atoms. The van der Waals surface area contributed by atoms with E-state index in [1.165, 1.54) is 4.31 Å². The lowest BCUT2D eigenvalue weighted by molar-refractivity contribution is 0.358. The lowest BCUT2D eigenvalue weighted by Crippen LogP contribution is -2.30. The lowest BCUT2D eigenvalue weighted by Gasteiger charge is -2.21. The standard InChI is InChI=1S/C18H17NO3S/c20-23(21,18-11-5-2-6-12-18)19(15-17-10-7-13-22-17)14-16-8-3-1-4-9-16/h1-13H,14-15H2. The first-order valence-corrected chi connectivity index (χ1v) is 8.72.